The molecule has 5 heteroatoms. The standard InChI is InChI=1S/C16H17NO3S/c1-3-19-16(18)13-5-4-6-14(15(13)17)20-11-7-9-12(21-2)10-8-11/h4-10H,3,17H2,1-2H3. The Labute approximate surface area is 128 Å². The average molecular weight is 303 g/mol. The van der Waals surface area contributed by atoms with Crippen LogP contribution in [0.15, 0.2) is 47.4 Å². The van der Waals surface area contributed by atoms with Gasteiger partial charge in [-0.2, -0.15) is 0 Å². The zero-order valence-electron chi connectivity index (χ0n) is 12.0. The predicted octanol–water partition coefficient (Wildman–Crippen LogP) is 3.96. The first-order valence-corrected chi connectivity index (χ1v) is 7.75. The van der Waals surface area contributed by atoms with Crippen molar-refractivity contribution in [2.24, 2.45) is 0 Å². The first kappa shape index (κ1) is 15.3. The second kappa shape index (κ2) is 7.04. The molecular formula is C16H17NO3S. The molecule has 2 aromatic rings. The number of thioether (sulfide) groups is 1. The third-order valence-electron chi connectivity index (χ3n) is 2.85. The van der Waals surface area contributed by atoms with Crippen LogP contribution in [0.1, 0.15) is 17.3 Å². The maximum absolute atomic E-state index is 11.8. The second-order valence-electron chi connectivity index (χ2n) is 4.22. The highest BCUT2D eigenvalue weighted by Crippen LogP contribution is 2.31. The van der Waals surface area contributed by atoms with Crippen LogP contribution in [0.25, 0.3) is 0 Å². The third-order valence-corrected chi connectivity index (χ3v) is 3.59. The summed E-state index contributed by atoms with van der Waals surface area (Å²) < 4.78 is 10.7. The smallest absolute Gasteiger partial charge is 0.340 e. The lowest BCUT2D eigenvalue weighted by Crippen LogP contribution is -2.08. The number of benzene rings is 2. The minimum absolute atomic E-state index is 0.282. The van der Waals surface area contributed by atoms with Crippen molar-refractivity contribution in [1.29, 1.82) is 0 Å². The van der Waals surface area contributed by atoms with E-state index in [1.807, 2.05) is 30.5 Å². The Hall–Kier alpha value is -2.14. The quantitative estimate of drug-likeness (QED) is 0.514. The Morgan fingerprint density at radius 1 is 1.19 bits per heavy atom. The number of esters is 1. The van der Waals surface area contributed by atoms with Gasteiger partial charge in [0.05, 0.1) is 17.9 Å². The predicted molar refractivity (Wildman–Crippen MR) is 85.1 cm³/mol. The lowest BCUT2D eigenvalue weighted by Gasteiger charge is -2.11. The van der Waals surface area contributed by atoms with E-state index in [1.165, 1.54) is 0 Å². The molecule has 0 atom stereocenters. The fourth-order valence-corrected chi connectivity index (χ4v) is 2.20. The summed E-state index contributed by atoms with van der Waals surface area (Å²) in [6.07, 6.45) is 2.01. The summed E-state index contributed by atoms with van der Waals surface area (Å²) in [5, 5.41) is 0. The second-order valence-corrected chi connectivity index (χ2v) is 5.10. The lowest BCUT2D eigenvalue weighted by molar-refractivity contribution is 0.0527. The van der Waals surface area contributed by atoms with E-state index >= 15 is 0 Å². The number of carbonyl (C=O) groups is 1. The van der Waals surface area contributed by atoms with Gasteiger partial charge in [0.25, 0.3) is 0 Å². The van der Waals surface area contributed by atoms with E-state index in [4.69, 9.17) is 15.2 Å². The SMILES string of the molecule is CCOC(=O)c1cccc(Oc2ccc(SC)cc2)c1N. The third kappa shape index (κ3) is 3.70. The molecule has 0 aliphatic carbocycles. The fourth-order valence-electron chi connectivity index (χ4n) is 1.79. The Bertz CT molecular complexity index is 626. The molecule has 110 valence electrons. The van der Waals surface area contributed by atoms with Gasteiger partial charge in [-0.25, -0.2) is 4.79 Å². The van der Waals surface area contributed by atoms with E-state index in [-0.39, 0.29) is 5.69 Å². The Kier molecular flexibility index (Phi) is 5.11. The molecule has 0 spiro atoms. The first-order valence-electron chi connectivity index (χ1n) is 6.53. The molecule has 0 heterocycles. The minimum Gasteiger partial charge on any atom is -0.462 e. The molecule has 2 rings (SSSR count). The van der Waals surface area contributed by atoms with Crippen LogP contribution in [0.2, 0.25) is 0 Å². The van der Waals surface area contributed by atoms with E-state index in [0.717, 1.165) is 4.90 Å². The number of para-hydroxylation sites is 1. The van der Waals surface area contributed by atoms with Crippen LogP contribution >= 0.6 is 11.8 Å². The molecule has 0 saturated heterocycles. The van der Waals surface area contributed by atoms with Crippen molar-refractivity contribution in [3.63, 3.8) is 0 Å². The molecule has 0 aliphatic rings. The molecule has 0 aliphatic heterocycles. The van der Waals surface area contributed by atoms with Crippen LogP contribution in [0, 0.1) is 0 Å². The van der Waals surface area contributed by atoms with Gasteiger partial charge in [-0.1, -0.05) is 6.07 Å². The van der Waals surface area contributed by atoms with Crippen LogP contribution in [0.4, 0.5) is 5.69 Å². The Balaban J connectivity index is 2.23. The Morgan fingerprint density at radius 3 is 2.52 bits per heavy atom. The highest BCUT2D eigenvalue weighted by molar-refractivity contribution is 7.98. The zero-order valence-corrected chi connectivity index (χ0v) is 12.8. The number of rotatable bonds is 5. The van der Waals surface area contributed by atoms with Crippen LogP contribution in [-0.4, -0.2) is 18.8 Å². The summed E-state index contributed by atoms with van der Waals surface area (Å²) in [5.74, 6) is 0.663. The van der Waals surface area contributed by atoms with E-state index in [2.05, 4.69) is 0 Å². The van der Waals surface area contributed by atoms with E-state index < -0.39 is 5.97 Å². The molecule has 0 radical (unpaired) electrons. The molecule has 0 amide bonds. The van der Waals surface area contributed by atoms with E-state index in [0.29, 0.717) is 23.7 Å². The van der Waals surface area contributed by atoms with Gasteiger partial charge in [0, 0.05) is 4.90 Å². The van der Waals surface area contributed by atoms with Crippen LogP contribution in [0.5, 0.6) is 11.5 Å². The molecule has 2 aromatic carbocycles. The summed E-state index contributed by atoms with van der Waals surface area (Å²) in [4.78, 5) is 12.9. The van der Waals surface area contributed by atoms with Gasteiger partial charge in [0.2, 0.25) is 0 Å². The highest BCUT2D eigenvalue weighted by Gasteiger charge is 2.14. The molecule has 21 heavy (non-hydrogen) atoms. The fraction of sp³-hybridized carbons (Fsp3) is 0.188. The van der Waals surface area contributed by atoms with E-state index in [1.54, 1.807) is 36.9 Å². The van der Waals surface area contributed by atoms with Crippen molar-refractivity contribution in [3.8, 4) is 11.5 Å². The van der Waals surface area contributed by atoms with Crippen molar-refractivity contribution >= 4 is 23.4 Å². The lowest BCUT2D eigenvalue weighted by atomic mass is 10.1. The Morgan fingerprint density at radius 2 is 1.90 bits per heavy atom. The normalized spacial score (nSPS) is 10.2. The minimum atomic E-state index is -0.446. The molecule has 0 saturated carbocycles. The number of nitrogen functional groups attached to an aromatic ring is 1. The molecule has 4 nitrogen and oxygen atoms in total. The summed E-state index contributed by atoms with van der Waals surface area (Å²) in [6.45, 7) is 2.06. The number of ether oxygens (including phenoxy) is 2. The van der Waals surface area contributed by atoms with Crippen molar-refractivity contribution in [2.75, 3.05) is 18.6 Å². The number of carbonyl (C=O) groups excluding carboxylic acids is 1. The summed E-state index contributed by atoms with van der Waals surface area (Å²) in [6, 6.07) is 12.7. The molecule has 0 aromatic heterocycles. The number of hydrogen-bond donors (Lipinski definition) is 1. The van der Waals surface area contributed by atoms with Gasteiger partial charge in [0.1, 0.15) is 5.75 Å². The number of nitrogens with two attached hydrogens (primary N) is 1. The summed E-state index contributed by atoms with van der Waals surface area (Å²) in [7, 11) is 0. The number of hydrogen-bond acceptors (Lipinski definition) is 5. The van der Waals surface area contributed by atoms with Crippen LogP contribution < -0.4 is 10.5 Å². The van der Waals surface area contributed by atoms with Crippen molar-refractivity contribution in [3.05, 3.63) is 48.0 Å². The zero-order chi connectivity index (χ0) is 15.2. The van der Waals surface area contributed by atoms with Crippen LogP contribution in [0.3, 0.4) is 0 Å². The van der Waals surface area contributed by atoms with Gasteiger partial charge >= 0.3 is 5.97 Å². The maximum atomic E-state index is 11.8. The number of anilines is 1. The average Bonchev–Trinajstić information content (AvgIpc) is 2.50. The summed E-state index contributed by atoms with van der Waals surface area (Å²) in [5.41, 5.74) is 6.59. The van der Waals surface area contributed by atoms with Gasteiger partial charge in [-0.05, 0) is 49.6 Å². The molecular weight excluding hydrogens is 286 g/mol. The molecule has 2 N–H and O–H groups in total. The van der Waals surface area contributed by atoms with Crippen molar-refractivity contribution < 1.29 is 14.3 Å². The van der Waals surface area contributed by atoms with Gasteiger partial charge in [-0.3, -0.25) is 0 Å². The first-order chi connectivity index (χ1) is 10.2. The van der Waals surface area contributed by atoms with E-state index in [9.17, 15) is 4.79 Å². The van der Waals surface area contributed by atoms with Gasteiger partial charge < -0.3 is 15.2 Å². The highest BCUT2D eigenvalue weighted by atomic mass is 32.2. The maximum Gasteiger partial charge on any atom is 0.340 e. The van der Waals surface area contributed by atoms with Crippen molar-refractivity contribution in [2.45, 2.75) is 11.8 Å². The summed E-state index contributed by atoms with van der Waals surface area (Å²) >= 11 is 1.66. The van der Waals surface area contributed by atoms with Crippen LogP contribution in [-0.2, 0) is 4.74 Å². The van der Waals surface area contributed by atoms with Gasteiger partial charge in [-0.15, -0.1) is 11.8 Å². The topological polar surface area (TPSA) is 61.5 Å². The molecule has 0 unspecified atom stereocenters. The monoisotopic (exact) mass is 303 g/mol. The molecule has 0 bridgehead atoms. The largest absolute Gasteiger partial charge is 0.462 e. The van der Waals surface area contributed by atoms with Crippen molar-refractivity contribution in [1.82, 2.24) is 0 Å². The molecule has 0 fully saturated rings. The van der Waals surface area contributed by atoms with Gasteiger partial charge in [0.15, 0.2) is 5.75 Å².